The molecule has 0 amide bonds. The minimum atomic E-state index is 0.808. The number of aryl methyl sites for hydroxylation is 1. The summed E-state index contributed by atoms with van der Waals surface area (Å²) in [7, 11) is 0. The highest BCUT2D eigenvalue weighted by molar-refractivity contribution is 7.14. The molecule has 3 aromatic heterocycles. The van der Waals surface area contributed by atoms with Crippen LogP contribution in [0.3, 0.4) is 0 Å². The first-order valence-corrected chi connectivity index (χ1v) is 6.33. The summed E-state index contributed by atoms with van der Waals surface area (Å²) >= 11 is 1.54. The second-order valence-corrected chi connectivity index (χ2v) is 4.69. The van der Waals surface area contributed by atoms with E-state index in [4.69, 9.17) is 5.73 Å². The van der Waals surface area contributed by atoms with Crippen LogP contribution < -0.4 is 5.73 Å². The predicted octanol–water partition coefficient (Wildman–Crippen LogP) is 2.76. The third-order valence-electron chi connectivity index (χ3n) is 2.80. The molecule has 0 aliphatic carbocycles. The lowest BCUT2D eigenvalue weighted by molar-refractivity contribution is 0.797. The number of hydrogen-bond donors (Lipinski definition) is 1. The Kier molecular flexibility index (Phi) is 2.33. The molecule has 4 nitrogen and oxygen atoms in total. The smallest absolute Gasteiger partial charge is 0.144 e. The minimum Gasteiger partial charge on any atom is -0.390 e. The van der Waals surface area contributed by atoms with Gasteiger partial charge in [0.1, 0.15) is 11.3 Å². The molecular formula is C12H12N4S. The number of pyridine rings is 1. The van der Waals surface area contributed by atoms with Crippen LogP contribution in [0.25, 0.3) is 22.4 Å². The molecule has 3 aromatic rings. The standard InChI is InChI=1S/C12H12N4S/c1-2-16-10-3-5-14-7-9(10)15-12(16)8-4-6-17-11(8)13/h3-7H,2,13H2,1H3. The van der Waals surface area contributed by atoms with Gasteiger partial charge >= 0.3 is 0 Å². The first kappa shape index (κ1) is 10.3. The van der Waals surface area contributed by atoms with E-state index in [1.165, 1.54) is 11.3 Å². The maximum absolute atomic E-state index is 5.97. The molecule has 0 unspecified atom stereocenters. The lowest BCUT2D eigenvalue weighted by atomic mass is 10.3. The van der Waals surface area contributed by atoms with Crippen LogP contribution in [0, 0.1) is 0 Å². The van der Waals surface area contributed by atoms with Crippen LogP contribution in [-0.2, 0) is 6.54 Å². The number of imidazole rings is 1. The van der Waals surface area contributed by atoms with E-state index >= 15 is 0 Å². The summed E-state index contributed by atoms with van der Waals surface area (Å²) in [6.07, 6.45) is 3.57. The Balaban J connectivity index is 2.33. The maximum Gasteiger partial charge on any atom is 0.144 e. The van der Waals surface area contributed by atoms with Crippen molar-refractivity contribution in [2.45, 2.75) is 13.5 Å². The van der Waals surface area contributed by atoms with E-state index in [0.717, 1.165) is 34.0 Å². The monoisotopic (exact) mass is 244 g/mol. The first-order chi connectivity index (χ1) is 8.31. The van der Waals surface area contributed by atoms with E-state index < -0.39 is 0 Å². The Hall–Kier alpha value is -1.88. The molecule has 0 aliphatic rings. The predicted molar refractivity (Wildman–Crippen MR) is 70.9 cm³/mol. The Morgan fingerprint density at radius 2 is 2.29 bits per heavy atom. The normalized spacial score (nSPS) is 11.1. The van der Waals surface area contributed by atoms with Crippen molar-refractivity contribution >= 4 is 27.4 Å². The number of aromatic nitrogens is 3. The van der Waals surface area contributed by atoms with Gasteiger partial charge in [0.05, 0.1) is 22.3 Å². The van der Waals surface area contributed by atoms with Gasteiger partial charge in [-0.15, -0.1) is 11.3 Å². The van der Waals surface area contributed by atoms with Crippen LogP contribution >= 0.6 is 11.3 Å². The molecule has 0 aliphatic heterocycles. The molecule has 5 heteroatoms. The number of nitrogens with zero attached hydrogens (tertiary/aromatic N) is 3. The zero-order chi connectivity index (χ0) is 11.8. The largest absolute Gasteiger partial charge is 0.390 e. The summed E-state index contributed by atoms with van der Waals surface area (Å²) in [5, 5.41) is 2.80. The molecule has 0 fully saturated rings. The Bertz CT molecular complexity index is 668. The number of nitrogen functional groups attached to an aromatic ring is 1. The molecule has 3 heterocycles. The molecule has 3 rings (SSSR count). The fraction of sp³-hybridized carbons (Fsp3) is 0.167. The van der Waals surface area contributed by atoms with Crippen LogP contribution in [-0.4, -0.2) is 14.5 Å². The van der Waals surface area contributed by atoms with Crippen molar-refractivity contribution in [3.63, 3.8) is 0 Å². The number of nitrogens with two attached hydrogens (primary N) is 1. The van der Waals surface area contributed by atoms with Crippen molar-refractivity contribution in [3.05, 3.63) is 29.9 Å². The number of fused-ring (bicyclic) bond motifs is 1. The van der Waals surface area contributed by atoms with E-state index in [2.05, 4.69) is 21.5 Å². The van der Waals surface area contributed by atoms with Crippen LogP contribution in [0.15, 0.2) is 29.9 Å². The number of rotatable bonds is 2. The summed E-state index contributed by atoms with van der Waals surface area (Å²) in [6, 6.07) is 4.00. The molecular weight excluding hydrogens is 232 g/mol. The third kappa shape index (κ3) is 1.51. The molecule has 0 atom stereocenters. The molecule has 0 bridgehead atoms. The van der Waals surface area contributed by atoms with Crippen molar-refractivity contribution in [1.82, 2.24) is 14.5 Å². The van der Waals surface area contributed by atoms with E-state index in [0.29, 0.717) is 0 Å². The highest BCUT2D eigenvalue weighted by atomic mass is 32.1. The Labute approximate surface area is 103 Å². The zero-order valence-corrected chi connectivity index (χ0v) is 10.2. The second-order valence-electron chi connectivity index (χ2n) is 3.74. The Morgan fingerprint density at radius 1 is 1.41 bits per heavy atom. The zero-order valence-electron chi connectivity index (χ0n) is 9.42. The fourth-order valence-electron chi connectivity index (χ4n) is 2.01. The highest BCUT2D eigenvalue weighted by Gasteiger charge is 2.14. The summed E-state index contributed by atoms with van der Waals surface area (Å²) in [6.45, 7) is 2.97. The van der Waals surface area contributed by atoms with Crippen LogP contribution in [0.4, 0.5) is 5.00 Å². The third-order valence-corrected chi connectivity index (χ3v) is 3.55. The summed E-state index contributed by atoms with van der Waals surface area (Å²) in [4.78, 5) is 8.71. The lowest BCUT2D eigenvalue weighted by Gasteiger charge is -2.04. The molecule has 0 radical (unpaired) electrons. The summed E-state index contributed by atoms with van der Waals surface area (Å²) < 4.78 is 2.16. The molecule has 2 N–H and O–H groups in total. The number of anilines is 1. The van der Waals surface area contributed by atoms with Crippen LogP contribution in [0.5, 0.6) is 0 Å². The van der Waals surface area contributed by atoms with E-state index in [1.807, 2.05) is 17.5 Å². The summed E-state index contributed by atoms with van der Waals surface area (Å²) in [5.74, 6) is 0.925. The van der Waals surface area contributed by atoms with Gasteiger partial charge in [-0.2, -0.15) is 0 Å². The van der Waals surface area contributed by atoms with Crippen LogP contribution in [0.2, 0.25) is 0 Å². The average molecular weight is 244 g/mol. The Morgan fingerprint density at radius 3 is 3.00 bits per heavy atom. The molecule has 86 valence electrons. The van der Waals surface area contributed by atoms with Gasteiger partial charge in [-0.25, -0.2) is 4.98 Å². The maximum atomic E-state index is 5.97. The fourth-order valence-corrected chi connectivity index (χ4v) is 2.65. The average Bonchev–Trinajstić information content (AvgIpc) is 2.91. The number of thiophene rings is 1. The molecule has 0 saturated heterocycles. The van der Waals surface area contributed by atoms with Gasteiger partial charge < -0.3 is 10.3 Å². The molecule has 17 heavy (non-hydrogen) atoms. The molecule has 0 saturated carbocycles. The van der Waals surface area contributed by atoms with Crippen molar-refractivity contribution in [3.8, 4) is 11.4 Å². The van der Waals surface area contributed by atoms with Crippen molar-refractivity contribution < 1.29 is 0 Å². The van der Waals surface area contributed by atoms with E-state index in [9.17, 15) is 0 Å². The topological polar surface area (TPSA) is 56.7 Å². The molecule has 0 spiro atoms. The first-order valence-electron chi connectivity index (χ1n) is 5.45. The van der Waals surface area contributed by atoms with Crippen LogP contribution in [0.1, 0.15) is 6.92 Å². The van der Waals surface area contributed by atoms with Gasteiger partial charge in [0.15, 0.2) is 0 Å². The van der Waals surface area contributed by atoms with Gasteiger partial charge in [-0.3, -0.25) is 4.98 Å². The van der Waals surface area contributed by atoms with Gasteiger partial charge in [-0.1, -0.05) is 0 Å². The van der Waals surface area contributed by atoms with Gasteiger partial charge in [0.25, 0.3) is 0 Å². The molecule has 0 aromatic carbocycles. The SMILES string of the molecule is CCn1c(-c2ccsc2N)nc2cnccc21. The minimum absolute atomic E-state index is 0.808. The van der Waals surface area contributed by atoms with Crippen molar-refractivity contribution in [1.29, 1.82) is 0 Å². The summed E-state index contributed by atoms with van der Waals surface area (Å²) in [5.41, 5.74) is 8.99. The number of hydrogen-bond acceptors (Lipinski definition) is 4. The van der Waals surface area contributed by atoms with E-state index in [-0.39, 0.29) is 0 Å². The quantitative estimate of drug-likeness (QED) is 0.754. The van der Waals surface area contributed by atoms with Gasteiger partial charge in [-0.05, 0) is 24.4 Å². The van der Waals surface area contributed by atoms with Crippen molar-refractivity contribution in [2.24, 2.45) is 0 Å². The van der Waals surface area contributed by atoms with E-state index in [1.54, 1.807) is 12.4 Å². The lowest BCUT2D eigenvalue weighted by Crippen LogP contribution is -1.98. The van der Waals surface area contributed by atoms with Gasteiger partial charge in [0.2, 0.25) is 0 Å². The van der Waals surface area contributed by atoms with Crippen molar-refractivity contribution in [2.75, 3.05) is 5.73 Å². The van der Waals surface area contributed by atoms with Gasteiger partial charge in [0, 0.05) is 12.7 Å². The second kappa shape index (κ2) is 3.85. The highest BCUT2D eigenvalue weighted by Crippen LogP contribution is 2.31.